The number of nitrogens with zero attached hydrogens (tertiary/aromatic N) is 3. The minimum atomic E-state index is -1.02. The summed E-state index contributed by atoms with van der Waals surface area (Å²) in [4.78, 5) is 22.6. The smallest absolute Gasteiger partial charge is 0.335 e. The Bertz CT molecular complexity index is 1220. The van der Waals surface area contributed by atoms with Gasteiger partial charge in [-0.2, -0.15) is 0 Å². The number of carbonyl (C=O) groups is 1. The van der Waals surface area contributed by atoms with Gasteiger partial charge in [-0.3, -0.25) is 0 Å². The predicted molar refractivity (Wildman–Crippen MR) is 105 cm³/mol. The summed E-state index contributed by atoms with van der Waals surface area (Å²) in [5.74, 6) is -0.367. The van der Waals surface area contributed by atoms with E-state index < -0.39 is 5.97 Å². The monoisotopic (exact) mass is 379 g/mol. The van der Waals surface area contributed by atoms with Crippen LogP contribution in [0.15, 0.2) is 46.9 Å². The molecule has 0 spiro atoms. The van der Waals surface area contributed by atoms with Crippen LogP contribution in [0.25, 0.3) is 33.5 Å². The first-order chi connectivity index (χ1) is 13.3. The maximum absolute atomic E-state index is 13.5. The number of benzene rings is 2. The fraction of sp³-hybridized carbons (Fsp3) is 0.190. The van der Waals surface area contributed by atoms with Gasteiger partial charge >= 0.3 is 5.97 Å². The molecule has 0 aliphatic heterocycles. The van der Waals surface area contributed by atoms with E-state index in [1.807, 2.05) is 25.8 Å². The molecule has 2 aromatic carbocycles. The lowest BCUT2D eigenvalue weighted by atomic mass is 10.1. The molecule has 0 bridgehead atoms. The quantitative estimate of drug-likeness (QED) is 0.552. The molecule has 0 amide bonds. The molecule has 0 aliphatic rings. The molecule has 4 aromatic rings. The van der Waals surface area contributed by atoms with Crippen molar-refractivity contribution in [3.63, 3.8) is 0 Å². The molecular weight excluding hydrogens is 361 g/mol. The van der Waals surface area contributed by atoms with Crippen LogP contribution in [0.4, 0.5) is 10.2 Å². The van der Waals surface area contributed by atoms with Crippen molar-refractivity contribution in [3.05, 3.63) is 53.8 Å². The van der Waals surface area contributed by atoms with Gasteiger partial charge in [-0.1, -0.05) is 0 Å². The molecule has 6 nitrogen and oxygen atoms in total. The summed E-state index contributed by atoms with van der Waals surface area (Å²) >= 11 is 0. The molecule has 7 heteroatoms. The van der Waals surface area contributed by atoms with Crippen LogP contribution in [0.2, 0.25) is 0 Å². The van der Waals surface area contributed by atoms with Crippen LogP contribution in [0.1, 0.15) is 24.2 Å². The van der Waals surface area contributed by atoms with Crippen LogP contribution in [0, 0.1) is 5.82 Å². The van der Waals surface area contributed by atoms with Crippen molar-refractivity contribution in [1.29, 1.82) is 0 Å². The summed E-state index contributed by atoms with van der Waals surface area (Å²) in [6.07, 6.45) is 0. The van der Waals surface area contributed by atoms with Gasteiger partial charge < -0.3 is 14.4 Å². The highest BCUT2D eigenvalue weighted by atomic mass is 19.1. The van der Waals surface area contributed by atoms with Crippen molar-refractivity contribution in [2.75, 3.05) is 11.9 Å². The molecular formula is C21H18FN3O3. The Morgan fingerprint density at radius 2 is 1.89 bits per heavy atom. The van der Waals surface area contributed by atoms with Gasteiger partial charge in [0.2, 0.25) is 0 Å². The number of halogens is 1. The van der Waals surface area contributed by atoms with Gasteiger partial charge in [0.1, 0.15) is 17.1 Å². The third-order valence-electron chi connectivity index (χ3n) is 4.72. The summed E-state index contributed by atoms with van der Waals surface area (Å²) in [7, 11) is 1.88. The number of anilines is 1. The lowest BCUT2D eigenvalue weighted by Crippen LogP contribution is -2.27. The van der Waals surface area contributed by atoms with Gasteiger partial charge in [0.15, 0.2) is 11.6 Å². The van der Waals surface area contributed by atoms with E-state index in [-0.39, 0.29) is 17.4 Å². The topological polar surface area (TPSA) is 79.5 Å². The average molecular weight is 379 g/mol. The Labute approximate surface area is 160 Å². The number of aromatic carboxylic acids is 1. The number of carboxylic acids is 1. The Kier molecular flexibility index (Phi) is 4.22. The summed E-state index contributed by atoms with van der Waals surface area (Å²) in [5.41, 5.74) is 2.12. The highest BCUT2D eigenvalue weighted by molar-refractivity contribution is 5.93. The summed E-state index contributed by atoms with van der Waals surface area (Å²) in [6, 6.07) is 10.9. The molecule has 0 fully saturated rings. The van der Waals surface area contributed by atoms with E-state index in [1.54, 1.807) is 18.2 Å². The molecule has 4 rings (SSSR count). The fourth-order valence-electron chi connectivity index (χ4n) is 2.96. The molecule has 0 radical (unpaired) electrons. The molecule has 142 valence electrons. The first-order valence-corrected chi connectivity index (χ1v) is 8.81. The fourth-order valence-corrected chi connectivity index (χ4v) is 2.96. The summed E-state index contributed by atoms with van der Waals surface area (Å²) in [6.45, 7) is 4.02. The molecule has 1 N–H and O–H groups in total. The van der Waals surface area contributed by atoms with E-state index >= 15 is 0 Å². The van der Waals surface area contributed by atoms with Gasteiger partial charge in [0.25, 0.3) is 0 Å². The van der Waals surface area contributed by atoms with Crippen molar-refractivity contribution < 1.29 is 18.7 Å². The SMILES string of the molecule is CC(C)N(C)c1nc2cc(C(=O)O)ccc2nc1-c1cc2ccc(F)cc2o1. The van der Waals surface area contributed by atoms with Crippen LogP contribution in [0.5, 0.6) is 0 Å². The third-order valence-corrected chi connectivity index (χ3v) is 4.72. The molecule has 0 saturated heterocycles. The van der Waals surface area contributed by atoms with E-state index in [4.69, 9.17) is 4.42 Å². The van der Waals surface area contributed by atoms with Gasteiger partial charge in [-0.05, 0) is 50.2 Å². The largest absolute Gasteiger partial charge is 0.478 e. The number of hydrogen-bond acceptors (Lipinski definition) is 5. The Morgan fingerprint density at radius 3 is 2.61 bits per heavy atom. The van der Waals surface area contributed by atoms with E-state index in [1.165, 1.54) is 24.3 Å². The lowest BCUT2D eigenvalue weighted by Gasteiger charge is -2.24. The van der Waals surface area contributed by atoms with Crippen molar-refractivity contribution in [3.8, 4) is 11.5 Å². The second-order valence-electron chi connectivity index (χ2n) is 6.90. The number of fused-ring (bicyclic) bond motifs is 2. The normalized spacial score (nSPS) is 11.5. The number of aromatic nitrogens is 2. The second kappa shape index (κ2) is 6.60. The molecule has 2 aromatic heterocycles. The lowest BCUT2D eigenvalue weighted by molar-refractivity contribution is 0.0697. The predicted octanol–water partition coefficient (Wildman–Crippen LogP) is 4.72. The Morgan fingerprint density at radius 1 is 1.11 bits per heavy atom. The number of rotatable bonds is 4. The van der Waals surface area contributed by atoms with Crippen LogP contribution in [-0.2, 0) is 0 Å². The third kappa shape index (κ3) is 3.05. The maximum atomic E-state index is 13.5. The van der Waals surface area contributed by atoms with Crippen LogP contribution >= 0.6 is 0 Å². The summed E-state index contributed by atoms with van der Waals surface area (Å²) < 4.78 is 19.4. The molecule has 28 heavy (non-hydrogen) atoms. The molecule has 0 aliphatic carbocycles. The summed E-state index contributed by atoms with van der Waals surface area (Å²) in [5, 5.41) is 10.0. The van der Waals surface area contributed by atoms with E-state index in [0.29, 0.717) is 33.9 Å². The van der Waals surface area contributed by atoms with E-state index in [9.17, 15) is 14.3 Å². The minimum absolute atomic E-state index is 0.120. The highest BCUT2D eigenvalue weighted by Crippen LogP contribution is 2.34. The standard InChI is InChI=1S/C21H18FN3O3/c1-11(2)25(3)20-19(18-9-12-4-6-14(22)10-17(12)28-18)23-15-7-5-13(21(26)27)8-16(15)24-20/h4-11H,1-3H3,(H,26,27). The van der Waals surface area contributed by atoms with Crippen molar-refractivity contribution in [1.82, 2.24) is 9.97 Å². The Balaban J connectivity index is 1.97. The van der Waals surface area contributed by atoms with E-state index in [0.717, 1.165) is 5.39 Å². The molecule has 2 heterocycles. The van der Waals surface area contributed by atoms with Gasteiger partial charge in [-0.25, -0.2) is 19.2 Å². The minimum Gasteiger partial charge on any atom is -0.478 e. The van der Waals surface area contributed by atoms with Crippen LogP contribution < -0.4 is 4.90 Å². The number of hydrogen-bond donors (Lipinski definition) is 1. The van der Waals surface area contributed by atoms with Crippen molar-refractivity contribution >= 4 is 33.8 Å². The zero-order valence-electron chi connectivity index (χ0n) is 15.6. The zero-order chi connectivity index (χ0) is 20.0. The Hall–Kier alpha value is -3.48. The molecule has 0 atom stereocenters. The zero-order valence-corrected chi connectivity index (χ0v) is 15.6. The van der Waals surface area contributed by atoms with Crippen LogP contribution in [-0.4, -0.2) is 34.1 Å². The first kappa shape index (κ1) is 17.9. The van der Waals surface area contributed by atoms with E-state index in [2.05, 4.69) is 9.97 Å². The number of furan rings is 1. The highest BCUT2D eigenvalue weighted by Gasteiger charge is 2.20. The van der Waals surface area contributed by atoms with Crippen molar-refractivity contribution in [2.45, 2.75) is 19.9 Å². The average Bonchev–Trinajstić information content (AvgIpc) is 3.08. The molecule has 0 unspecified atom stereocenters. The second-order valence-corrected chi connectivity index (χ2v) is 6.90. The van der Waals surface area contributed by atoms with Gasteiger partial charge in [0, 0.05) is 24.5 Å². The number of carboxylic acid groups (broad SMARTS) is 1. The van der Waals surface area contributed by atoms with Crippen LogP contribution in [0.3, 0.4) is 0 Å². The van der Waals surface area contributed by atoms with Gasteiger partial charge in [0.05, 0.1) is 16.6 Å². The molecule has 0 saturated carbocycles. The van der Waals surface area contributed by atoms with Gasteiger partial charge in [-0.15, -0.1) is 0 Å². The first-order valence-electron chi connectivity index (χ1n) is 8.81. The maximum Gasteiger partial charge on any atom is 0.335 e. The van der Waals surface area contributed by atoms with Crippen molar-refractivity contribution in [2.24, 2.45) is 0 Å².